The molecule has 134 valence electrons. The fourth-order valence-electron chi connectivity index (χ4n) is 2.15. The van der Waals surface area contributed by atoms with Crippen LogP contribution in [0, 0.1) is 0 Å². The summed E-state index contributed by atoms with van der Waals surface area (Å²) in [5, 5.41) is 2.62. The Kier molecular flexibility index (Phi) is 4.96. The van der Waals surface area contributed by atoms with Gasteiger partial charge in [-0.05, 0) is 36.4 Å². The number of carbonyl (C=O) groups is 2. The molecule has 0 saturated heterocycles. The lowest BCUT2D eigenvalue weighted by Gasteiger charge is -2.07. The minimum Gasteiger partial charge on any atom is -0.452 e. The van der Waals surface area contributed by atoms with Crippen LogP contribution in [-0.2, 0) is 19.4 Å². The van der Waals surface area contributed by atoms with Crippen LogP contribution in [-0.4, -0.2) is 41.9 Å². The molecule has 3 rings (SSSR count). The van der Waals surface area contributed by atoms with Gasteiger partial charge in [0.2, 0.25) is 0 Å². The molecule has 1 amide bonds. The van der Waals surface area contributed by atoms with Gasteiger partial charge in [0, 0.05) is 6.26 Å². The highest BCUT2D eigenvalue weighted by molar-refractivity contribution is 7.90. The fourth-order valence-corrected chi connectivity index (χ4v) is 3.33. The molecule has 26 heavy (non-hydrogen) atoms. The highest BCUT2D eigenvalue weighted by Gasteiger charge is 2.14. The predicted octanol–water partition coefficient (Wildman–Crippen LogP) is 1.89. The van der Waals surface area contributed by atoms with Crippen molar-refractivity contribution in [3.8, 4) is 0 Å². The number of hydrogen-bond donors (Lipinski definition) is 1. The molecule has 0 radical (unpaired) electrons. The maximum absolute atomic E-state index is 12.0. The highest BCUT2D eigenvalue weighted by Crippen LogP contribution is 2.21. The lowest BCUT2D eigenvalue weighted by Crippen LogP contribution is -2.21. The Morgan fingerprint density at radius 2 is 1.85 bits per heavy atom. The molecular formula is C16H13N3O5S2. The minimum absolute atomic E-state index is 0.0942. The molecular weight excluding hydrogens is 378 g/mol. The first-order valence-electron chi connectivity index (χ1n) is 7.33. The van der Waals surface area contributed by atoms with Gasteiger partial charge in [0.15, 0.2) is 16.4 Å². The van der Waals surface area contributed by atoms with Crippen LogP contribution in [0.2, 0.25) is 0 Å². The molecule has 3 aromatic rings. The van der Waals surface area contributed by atoms with Gasteiger partial charge in [-0.2, -0.15) is 8.75 Å². The summed E-state index contributed by atoms with van der Waals surface area (Å²) in [7, 11) is -3.35. The molecule has 1 aromatic heterocycles. The van der Waals surface area contributed by atoms with Crippen LogP contribution in [0.1, 0.15) is 10.4 Å². The van der Waals surface area contributed by atoms with Crippen LogP contribution < -0.4 is 5.32 Å². The van der Waals surface area contributed by atoms with Crippen LogP contribution in [0.3, 0.4) is 0 Å². The van der Waals surface area contributed by atoms with Crippen LogP contribution in [0.4, 0.5) is 5.69 Å². The maximum atomic E-state index is 12.0. The van der Waals surface area contributed by atoms with Gasteiger partial charge in [0.25, 0.3) is 5.91 Å². The van der Waals surface area contributed by atoms with E-state index < -0.39 is 28.3 Å². The first-order valence-corrected chi connectivity index (χ1v) is 9.95. The van der Waals surface area contributed by atoms with Crippen LogP contribution in [0.25, 0.3) is 11.0 Å². The average Bonchev–Trinajstić information content (AvgIpc) is 3.09. The normalized spacial score (nSPS) is 11.3. The van der Waals surface area contributed by atoms with Crippen molar-refractivity contribution in [3.05, 3.63) is 48.0 Å². The van der Waals surface area contributed by atoms with Crippen LogP contribution >= 0.6 is 11.7 Å². The molecule has 0 aliphatic heterocycles. The molecule has 0 unspecified atom stereocenters. The number of anilines is 1. The number of rotatable bonds is 5. The molecule has 1 heterocycles. The van der Waals surface area contributed by atoms with Crippen molar-refractivity contribution in [2.75, 3.05) is 18.2 Å². The smallest absolute Gasteiger partial charge is 0.338 e. The van der Waals surface area contributed by atoms with Gasteiger partial charge in [-0.15, -0.1) is 0 Å². The van der Waals surface area contributed by atoms with Crippen molar-refractivity contribution in [3.63, 3.8) is 0 Å². The molecule has 0 spiro atoms. The molecule has 8 nitrogen and oxygen atoms in total. The molecule has 0 fully saturated rings. The first kappa shape index (κ1) is 18.0. The number of nitrogens with one attached hydrogen (secondary N) is 1. The van der Waals surface area contributed by atoms with Crippen LogP contribution in [0.15, 0.2) is 47.4 Å². The van der Waals surface area contributed by atoms with E-state index in [2.05, 4.69) is 14.1 Å². The standard InChI is InChI=1S/C16H13N3O5S2/c1-26(22,23)11-7-5-10(6-8-11)16(21)24-9-14(20)17-12-3-2-4-13-15(12)19-25-18-13/h2-8H,9H2,1H3,(H,17,20). The third kappa shape index (κ3) is 4.03. The second-order valence-electron chi connectivity index (χ2n) is 5.36. The van der Waals surface area contributed by atoms with Gasteiger partial charge in [0.05, 0.1) is 27.9 Å². The van der Waals surface area contributed by atoms with Gasteiger partial charge in [-0.1, -0.05) is 6.07 Å². The van der Waals surface area contributed by atoms with E-state index in [0.717, 1.165) is 18.0 Å². The SMILES string of the molecule is CS(=O)(=O)c1ccc(C(=O)OCC(=O)Nc2cccc3nsnc23)cc1. The third-order valence-electron chi connectivity index (χ3n) is 3.41. The number of amides is 1. The number of sulfone groups is 1. The molecule has 0 bridgehead atoms. The zero-order valence-corrected chi connectivity index (χ0v) is 15.1. The summed E-state index contributed by atoms with van der Waals surface area (Å²) in [5.41, 5.74) is 1.86. The predicted molar refractivity (Wildman–Crippen MR) is 95.9 cm³/mol. The second kappa shape index (κ2) is 7.18. The first-order chi connectivity index (χ1) is 12.3. The van der Waals surface area contributed by atoms with Crippen molar-refractivity contribution in [1.82, 2.24) is 8.75 Å². The number of ether oxygens (including phenoxy) is 1. The number of benzene rings is 2. The summed E-state index contributed by atoms with van der Waals surface area (Å²) in [6.45, 7) is -0.486. The third-order valence-corrected chi connectivity index (χ3v) is 5.08. The summed E-state index contributed by atoms with van der Waals surface area (Å²) < 4.78 is 35.9. The summed E-state index contributed by atoms with van der Waals surface area (Å²) >= 11 is 1.03. The number of nitrogens with zero attached hydrogens (tertiary/aromatic N) is 2. The summed E-state index contributed by atoms with van der Waals surface area (Å²) in [5.74, 6) is -1.25. The summed E-state index contributed by atoms with van der Waals surface area (Å²) in [4.78, 5) is 24.0. The largest absolute Gasteiger partial charge is 0.452 e. The van der Waals surface area contributed by atoms with Crippen molar-refractivity contribution >= 4 is 50.2 Å². The van der Waals surface area contributed by atoms with E-state index in [-0.39, 0.29) is 10.5 Å². The topological polar surface area (TPSA) is 115 Å². The van der Waals surface area contributed by atoms with E-state index in [9.17, 15) is 18.0 Å². The van der Waals surface area contributed by atoms with Crippen molar-refractivity contribution in [1.29, 1.82) is 0 Å². The highest BCUT2D eigenvalue weighted by atomic mass is 32.2. The van der Waals surface area contributed by atoms with E-state index in [0.29, 0.717) is 16.7 Å². The second-order valence-corrected chi connectivity index (χ2v) is 7.90. The van der Waals surface area contributed by atoms with Crippen molar-refractivity contribution in [2.24, 2.45) is 0 Å². The van der Waals surface area contributed by atoms with E-state index >= 15 is 0 Å². The van der Waals surface area contributed by atoms with Crippen LogP contribution in [0.5, 0.6) is 0 Å². The molecule has 0 aliphatic carbocycles. The van der Waals surface area contributed by atoms with Gasteiger partial charge in [-0.3, -0.25) is 4.79 Å². The van der Waals surface area contributed by atoms with E-state index in [1.807, 2.05) is 0 Å². The maximum Gasteiger partial charge on any atom is 0.338 e. The number of hydrogen-bond acceptors (Lipinski definition) is 8. The van der Waals surface area contributed by atoms with Gasteiger partial charge < -0.3 is 10.1 Å². The monoisotopic (exact) mass is 391 g/mol. The lowest BCUT2D eigenvalue weighted by molar-refractivity contribution is -0.119. The van der Waals surface area contributed by atoms with Crippen molar-refractivity contribution < 1.29 is 22.7 Å². The van der Waals surface area contributed by atoms with Gasteiger partial charge in [0.1, 0.15) is 11.0 Å². The summed E-state index contributed by atoms with van der Waals surface area (Å²) in [6, 6.07) is 10.5. The number of carbonyl (C=O) groups excluding carboxylic acids is 2. The number of fused-ring (bicyclic) bond motifs is 1. The Hall–Kier alpha value is -2.85. The molecule has 2 aromatic carbocycles. The van der Waals surface area contributed by atoms with Crippen molar-refractivity contribution in [2.45, 2.75) is 4.90 Å². The Labute approximate surface area is 153 Å². The Morgan fingerprint density at radius 3 is 2.54 bits per heavy atom. The molecule has 0 atom stereocenters. The molecule has 10 heteroatoms. The van der Waals surface area contributed by atoms with Gasteiger partial charge >= 0.3 is 5.97 Å². The van der Waals surface area contributed by atoms with E-state index in [1.54, 1.807) is 18.2 Å². The number of esters is 1. The van der Waals surface area contributed by atoms with E-state index in [4.69, 9.17) is 4.74 Å². The quantitative estimate of drug-likeness (QED) is 0.660. The Morgan fingerprint density at radius 1 is 1.12 bits per heavy atom. The fraction of sp³-hybridized carbons (Fsp3) is 0.125. The molecule has 0 saturated carbocycles. The number of aromatic nitrogens is 2. The van der Waals surface area contributed by atoms with Gasteiger partial charge in [-0.25, -0.2) is 13.2 Å². The Balaban J connectivity index is 1.60. The summed E-state index contributed by atoms with van der Waals surface area (Å²) in [6.07, 6.45) is 1.07. The zero-order valence-electron chi connectivity index (χ0n) is 13.5. The molecule has 0 aliphatic rings. The minimum atomic E-state index is -3.35. The van der Waals surface area contributed by atoms with E-state index in [1.165, 1.54) is 24.3 Å². The average molecular weight is 391 g/mol. The lowest BCUT2D eigenvalue weighted by atomic mass is 10.2. The Bertz CT molecular complexity index is 1070. The zero-order chi connectivity index (χ0) is 18.7. The molecule has 1 N–H and O–H groups in total.